The van der Waals surface area contributed by atoms with E-state index in [1.54, 1.807) is 0 Å². The van der Waals surface area contributed by atoms with Crippen molar-refractivity contribution >= 4 is 0 Å². The lowest BCUT2D eigenvalue weighted by atomic mass is 10.1. The second kappa shape index (κ2) is 22.5. The topological polar surface area (TPSA) is 26.0 Å². The predicted octanol–water partition coefficient (Wildman–Crippen LogP) is 3.43. The number of hydrogen-bond acceptors (Lipinski definition) is 1. The smallest absolute Gasteiger partial charge is 0.0106 e. The fourth-order valence-corrected chi connectivity index (χ4v) is 0.577. The first-order valence-electron chi connectivity index (χ1n) is 4.89. The first-order valence-corrected chi connectivity index (χ1v) is 4.89. The fraction of sp³-hybridized carbons (Fsp3) is 1.00. The summed E-state index contributed by atoms with van der Waals surface area (Å²) in [4.78, 5) is 0. The van der Waals surface area contributed by atoms with Crippen LogP contribution in [0.2, 0.25) is 0 Å². The molecule has 0 radical (unpaired) electrons. The minimum absolute atomic E-state index is 0.750. The van der Waals surface area contributed by atoms with E-state index in [0.717, 1.165) is 12.5 Å². The van der Waals surface area contributed by atoms with Crippen LogP contribution in [0.3, 0.4) is 0 Å². The summed E-state index contributed by atoms with van der Waals surface area (Å²) in [6, 6.07) is 0. The molecule has 11 heavy (non-hydrogen) atoms. The van der Waals surface area contributed by atoms with Crippen LogP contribution < -0.4 is 5.73 Å². The van der Waals surface area contributed by atoms with Gasteiger partial charge in [-0.15, -0.1) is 0 Å². The number of hydrogen-bond donors (Lipinski definition) is 1. The molecule has 0 saturated heterocycles. The Bertz CT molecular complexity index is 33.9. The molecule has 0 spiro atoms. The summed E-state index contributed by atoms with van der Waals surface area (Å²) >= 11 is 0. The van der Waals surface area contributed by atoms with E-state index in [-0.39, 0.29) is 0 Å². The van der Waals surface area contributed by atoms with Gasteiger partial charge in [0.15, 0.2) is 0 Å². The van der Waals surface area contributed by atoms with Crippen LogP contribution in [-0.4, -0.2) is 6.54 Å². The lowest BCUT2D eigenvalue weighted by molar-refractivity contribution is 0.576. The van der Waals surface area contributed by atoms with Crippen molar-refractivity contribution in [3.8, 4) is 0 Å². The molecule has 72 valence electrons. The fourth-order valence-electron chi connectivity index (χ4n) is 0.577. The summed E-state index contributed by atoms with van der Waals surface area (Å²) < 4.78 is 0. The second-order valence-corrected chi connectivity index (χ2v) is 2.59. The zero-order chi connectivity index (χ0) is 9.70. The van der Waals surface area contributed by atoms with Crippen molar-refractivity contribution in [3.05, 3.63) is 0 Å². The molecule has 0 aliphatic rings. The Morgan fingerprint density at radius 3 is 1.36 bits per heavy atom. The Hall–Kier alpha value is -0.0400. The molecule has 0 unspecified atom stereocenters. The summed E-state index contributed by atoms with van der Waals surface area (Å²) in [5.41, 5.74) is 4.85. The van der Waals surface area contributed by atoms with E-state index in [1.165, 1.54) is 12.8 Å². The summed E-state index contributed by atoms with van der Waals surface area (Å²) in [5.74, 6) is 0.898. The van der Waals surface area contributed by atoms with E-state index in [9.17, 15) is 0 Å². The highest BCUT2D eigenvalue weighted by Crippen LogP contribution is 2.00. The van der Waals surface area contributed by atoms with Gasteiger partial charge in [0, 0.05) is 0 Å². The van der Waals surface area contributed by atoms with Crippen molar-refractivity contribution in [2.75, 3.05) is 6.54 Å². The highest BCUT2D eigenvalue weighted by molar-refractivity contribution is 4.38. The van der Waals surface area contributed by atoms with Crippen LogP contribution >= 0.6 is 0 Å². The van der Waals surface area contributed by atoms with Gasteiger partial charge in [0.05, 0.1) is 0 Å². The van der Waals surface area contributed by atoms with Crippen molar-refractivity contribution in [1.82, 2.24) is 0 Å². The van der Waals surface area contributed by atoms with Gasteiger partial charge in [0.2, 0.25) is 0 Å². The molecular weight excluding hydrogens is 134 g/mol. The molecular formula is C10H27N. The van der Waals surface area contributed by atoms with Gasteiger partial charge in [-0.2, -0.15) is 0 Å². The molecule has 2 N–H and O–H groups in total. The summed E-state index contributed by atoms with van der Waals surface area (Å²) in [7, 11) is 0. The Morgan fingerprint density at radius 2 is 1.36 bits per heavy atom. The predicted molar refractivity (Wildman–Crippen MR) is 55.8 cm³/mol. The van der Waals surface area contributed by atoms with Crippen LogP contribution in [0.4, 0.5) is 0 Å². The molecule has 1 nitrogen and oxygen atoms in total. The maximum Gasteiger partial charge on any atom is -0.0106 e. The Morgan fingerprint density at radius 1 is 1.09 bits per heavy atom. The first-order chi connectivity index (χ1) is 5.18. The molecule has 0 amide bonds. The lowest BCUT2D eigenvalue weighted by Crippen LogP contribution is -1.87. The number of rotatable bonds is 2. The summed E-state index contributed by atoms with van der Waals surface area (Å²) in [5, 5.41) is 0. The van der Waals surface area contributed by atoms with Crippen LogP contribution in [0.1, 0.15) is 54.4 Å². The van der Waals surface area contributed by atoms with Crippen molar-refractivity contribution in [3.63, 3.8) is 0 Å². The molecule has 0 bridgehead atoms. The maximum absolute atomic E-state index is 4.85. The lowest BCUT2D eigenvalue weighted by Gasteiger charge is -1.95. The van der Waals surface area contributed by atoms with Crippen molar-refractivity contribution in [2.45, 2.75) is 54.4 Å². The van der Waals surface area contributed by atoms with Gasteiger partial charge in [-0.3, -0.25) is 0 Å². The molecule has 0 saturated carbocycles. The molecule has 1 heteroatoms. The molecule has 0 fully saturated rings. The third-order valence-corrected chi connectivity index (χ3v) is 0.866. The Labute approximate surface area is 73.4 Å². The molecule has 0 aliphatic heterocycles. The monoisotopic (exact) mass is 161 g/mol. The van der Waals surface area contributed by atoms with Crippen LogP contribution in [0.15, 0.2) is 0 Å². The van der Waals surface area contributed by atoms with E-state index in [4.69, 9.17) is 5.73 Å². The van der Waals surface area contributed by atoms with Gasteiger partial charge < -0.3 is 5.73 Å². The standard InChI is InChI=1S/C6H14.C2H7N.C2H6/c1-4-5-6(2)3;1-2-3;1-2/h6H,4-5H2,1-3H3;2-3H2,1H3;1-2H3. The van der Waals surface area contributed by atoms with E-state index in [2.05, 4.69) is 20.8 Å². The van der Waals surface area contributed by atoms with Crippen molar-refractivity contribution < 1.29 is 0 Å². The average Bonchev–Trinajstić information content (AvgIpc) is 1.93. The van der Waals surface area contributed by atoms with Crippen LogP contribution in [0.25, 0.3) is 0 Å². The van der Waals surface area contributed by atoms with E-state index in [1.807, 2.05) is 20.8 Å². The highest BCUT2D eigenvalue weighted by Gasteiger charge is 1.85. The normalized spacial score (nSPS) is 7.64. The van der Waals surface area contributed by atoms with Crippen LogP contribution in [0.5, 0.6) is 0 Å². The zero-order valence-corrected chi connectivity index (χ0v) is 9.28. The van der Waals surface area contributed by atoms with Crippen LogP contribution in [0, 0.1) is 5.92 Å². The molecule has 0 aromatic rings. The van der Waals surface area contributed by atoms with Gasteiger partial charge in [-0.05, 0) is 12.5 Å². The van der Waals surface area contributed by atoms with Gasteiger partial charge in [0.1, 0.15) is 0 Å². The quantitative estimate of drug-likeness (QED) is 0.659. The largest absolute Gasteiger partial charge is 0.331 e. The molecule has 0 heterocycles. The van der Waals surface area contributed by atoms with Gasteiger partial charge in [0.25, 0.3) is 0 Å². The zero-order valence-electron chi connectivity index (χ0n) is 9.28. The molecule has 0 rings (SSSR count). The summed E-state index contributed by atoms with van der Waals surface area (Å²) in [6.45, 7) is 13.4. The molecule has 0 aromatic carbocycles. The minimum atomic E-state index is 0.750. The Kier molecular flexibility index (Phi) is 35.1. The van der Waals surface area contributed by atoms with Gasteiger partial charge in [-0.1, -0.05) is 54.4 Å². The molecule has 0 atom stereocenters. The summed E-state index contributed by atoms with van der Waals surface area (Å²) in [6.07, 6.45) is 2.71. The van der Waals surface area contributed by atoms with Gasteiger partial charge >= 0.3 is 0 Å². The van der Waals surface area contributed by atoms with E-state index >= 15 is 0 Å². The van der Waals surface area contributed by atoms with Crippen molar-refractivity contribution in [2.24, 2.45) is 11.7 Å². The maximum atomic E-state index is 4.85. The molecule has 0 aliphatic carbocycles. The second-order valence-electron chi connectivity index (χ2n) is 2.59. The highest BCUT2D eigenvalue weighted by atomic mass is 14.5. The van der Waals surface area contributed by atoms with E-state index < -0.39 is 0 Å². The third-order valence-electron chi connectivity index (χ3n) is 0.866. The average molecular weight is 161 g/mol. The number of nitrogens with two attached hydrogens (primary N) is 1. The van der Waals surface area contributed by atoms with Gasteiger partial charge in [-0.25, -0.2) is 0 Å². The minimum Gasteiger partial charge on any atom is -0.331 e. The van der Waals surface area contributed by atoms with E-state index in [0.29, 0.717) is 0 Å². The SMILES string of the molecule is CC.CCCC(C)C.CCN. The Balaban J connectivity index is -0.000000109. The third kappa shape index (κ3) is 72.0. The van der Waals surface area contributed by atoms with Crippen molar-refractivity contribution in [1.29, 1.82) is 0 Å². The first kappa shape index (κ1) is 17.2. The van der Waals surface area contributed by atoms with Crippen LogP contribution in [-0.2, 0) is 0 Å². The molecule has 0 aromatic heterocycles.